The van der Waals surface area contributed by atoms with Crippen LogP contribution in [0.3, 0.4) is 0 Å². The van der Waals surface area contributed by atoms with Gasteiger partial charge in [-0.2, -0.15) is 17.5 Å². The second-order valence-corrected chi connectivity index (χ2v) is 7.86. The molecule has 1 aliphatic heterocycles. The highest BCUT2D eigenvalue weighted by Crippen LogP contribution is 2.34. The number of piperidine rings is 1. The van der Waals surface area contributed by atoms with E-state index in [9.17, 15) is 26.4 Å². The summed E-state index contributed by atoms with van der Waals surface area (Å²) in [4.78, 5) is 11.1. The van der Waals surface area contributed by atoms with Gasteiger partial charge in [-0.3, -0.25) is 4.79 Å². The predicted octanol–water partition coefficient (Wildman–Crippen LogP) is 2.72. The zero-order chi connectivity index (χ0) is 18.1. The fourth-order valence-corrected chi connectivity index (χ4v) is 4.74. The Morgan fingerprint density at radius 2 is 1.92 bits per heavy atom. The van der Waals surface area contributed by atoms with Crippen molar-refractivity contribution in [3.63, 3.8) is 0 Å². The number of carbonyl (C=O) groups is 1. The molecule has 0 spiro atoms. The van der Waals surface area contributed by atoms with E-state index in [1.165, 1.54) is 12.1 Å². The maximum Gasteiger partial charge on any atom is 0.416 e. The van der Waals surface area contributed by atoms with Crippen LogP contribution in [0.25, 0.3) is 0 Å². The zero-order valence-corrected chi connectivity index (χ0v) is 13.8. The summed E-state index contributed by atoms with van der Waals surface area (Å²) >= 11 is 0. The van der Waals surface area contributed by atoms with Gasteiger partial charge in [0.05, 0.1) is 17.2 Å². The first-order valence-corrected chi connectivity index (χ1v) is 9.00. The third kappa shape index (κ3) is 4.07. The van der Waals surface area contributed by atoms with Crippen LogP contribution in [0.5, 0.6) is 0 Å². The smallest absolute Gasteiger partial charge is 0.416 e. The molecule has 24 heavy (non-hydrogen) atoms. The normalized spacial score (nSPS) is 23.2. The summed E-state index contributed by atoms with van der Waals surface area (Å²) in [5.41, 5.74) is -1.33. The molecule has 5 nitrogen and oxygen atoms in total. The van der Waals surface area contributed by atoms with Crippen molar-refractivity contribution in [3.8, 4) is 0 Å². The molecule has 1 fully saturated rings. The maximum atomic E-state index is 13.0. The van der Waals surface area contributed by atoms with E-state index >= 15 is 0 Å². The number of sulfonamides is 1. The minimum Gasteiger partial charge on any atom is -0.481 e. The van der Waals surface area contributed by atoms with E-state index < -0.39 is 45.4 Å². The molecule has 9 heteroatoms. The molecule has 2 rings (SSSR count). The van der Waals surface area contributed by atoms with E-state index in [0.29, 0.717) is 12.8 Å². The summed E-state index contributed by atoms with van der Waals surface area (Å²) in [7, 11) is -4.06. The number of alkyl halides is 3. The number of aliphatic carboxylic acids is 1. The Bertz CT molecular complexity index is 718. The highest BCUT2D eigenvalue weighted by atomic mass is 32.2. The van der Waals surface area contributed by atoms with E-state index in [4.69, 9.17) is 5.11 Å². The van der Waals surface area contributed by atoms with Crippen LogP contribution in [-0.4, -0.2) is 36.4 Å². The van der Waals surface area contributed by atoms with Crippen molar-refractivity contribution >= 4 is 16.0 Å². The summed E-state index contributed by atoms with van der Waals surface area (Å²) in [5.74, 6) is -2.74. The number of hydrogen-bond acceptors (Lipinski definition) is 3. The molecule has 1 N–H and O–H groups in total. The third-order valence-electron chi connectivity index (χ3n) is 4.19. The number of benzene rings is 1. The second-order valence-electron chi connectivity index (χ2n) is 5.94. The summed E-state index contributed by atoms with van der Waals surface area (Å²) in [6.45, 7) is 1.41. The van der Waals surface area contributed by atoms with Gasteiger partial charge in [0.15, 0.2) is 0 Å². The monoisotopic (exact) mass is 365 g/mol. The van der Waals surface area contributed by atoms with Gasteiger partial charge in [0.2, 0.25) is 10.0 Å². The minimum atomic E-state index is -4.65. The Balaban J connectivity index is 2.30. The summed E-state index contributed by atoms with van der Waals surface area (Å²) in [5, 5.41) is 9.08. The molecule has 1 aromatic carbocycles. The third-order valence-corrected chi connectivity index (χ3v) is 6.09. The van der Waals surface area contributed by atoms with Crippen molar-refractivity contribution in [1.82, 2.24) is 4.31 Å². The van der Waals surface area contributed by atoms with Crippen LogP contribution < -0.4 is 0 Å². The highest BCUT2D eigenvalue weighted by molar-refractivity contribution is 7.88. The number of halogens is 3. The number of carboxylic acids is 1. The molecule has 0 bridgehead atoms. The molecule has 0 aromatic heterocycles. The Hall–Kier alpha value is -1.61. The lowest BCUT2D eigenvalue weighted by atomic mass is 9.96. The van der Waals surface area contributed by atoms with Gasteiger partial charge in [0.25, 0.3) is 0 Å². The lowest BCUT2D eigenvalue weighted by Crippen LogP contribution is -2.47. The fraction of sp³-hybridized carbons (Fsp3) is 0.533. The molecule has 1 aliphatic rings. The van der Waals surface area contributed by atoms with Gasteiger partial charge in [0, 0.05) is 12.6 Å². The molecule has 2 unspecified atom stereocenters. The molecule has 1 aromatic rings. The van der Waals surface area contributed by atoms with E-state index in [-0.39, 0.29) is 12.1 Å². The van der Waals surface area contributed by atoms with Crippen LogP contribution in [0, 0.1) is 5.92 Å². The zero-order valence-electron chi connectivity index (χ0n) is 13.0. The quantitative estimate of drug-likeness (QED) is 0.890. The first kappa shape index (κ1) is 18.7. The topological polar surface area (TPSA) is 74.7 Å². The molecule has 1 heterocycles. The van der Waals surface area contributed by atoms with Gasteiger partial charge in [0.1, 0.15) is 0 Å². The Morgan fingerprint density at radius 1 is 1.29 bits per heavy atom. The van der Waals surface area contributed by atoms with Crippen LogP contribution in [0.2, 0.25) is 0 Å². The standard InChI is InChI=1S/C15H18F3NO4S/c1-10-6-7-11(14(20)21)8-19(10)24(22,23)9-12-4-2-3-5-13(12)15(16,17)18/h2-5,10-11H,6-9H2,1H3,(H,20,21). The summed E-state index contributed by atoms with van der Waals surface area (Å²) in [6, 6.07) is 4.07. The number of carboxylic acid groups (broad SMARTS) is 1. The highest BCUT2D eigenvalue weighted by Gasteiger charge is 2.39. The van der Waals surface area contributed by atoms with Crippen LogP contribution in [0.1, 0.15) is 30.9 Å². The Kier molecular flexibility index (Phi) is 5.24. The molecular weight excluding hydrogens is 347 g/mol. The first-order chi connectivity index (χ1) is 11.0. The lowest BCUT2D eigenvalue weighted by molar-refractivity contribution is -0.143. The fourth-order valence-electron chi connectivity index (χ4n) is 2.87. The maximum absolute atomic E-state index is 13.0. The second kappa shape index (κ2) is 6.72. The van der Waals surface area contributed by atoms with Gasteiger partial charge >= 0.3 is 12.1 Å². The van der Waals surface area contributed by atoms with Gasteiger partial charge in [-0.15, -0.1) is 0 Å². The van der Waals surface area contributed by atoms with Crippen LogP contribution >= 0.6 is 0 Å². The first-order valence-electron chi connectivity index (χ1n) is 7.40. The van der Waals surface area contributed by atoms with Crippen LogP contribution in [-0.2, 0) is 26.7 Å². The van der Waals surface area contributed by atoms with Crippen molar-refractivity contribution in [2.24, 2.45) is 5.92 Å². The molecule has 0 amide bonds. The van der Waals surface area contributed by atoms with Crippen LogP contribution in [0.15, 0.2) is 24.3 Å². The van der Waals surface area contributed by atoms with Crippen molar-refractivity contribution in [2.75, 3.05) is 6.54 Å². The predicted molar refractivity (Wildman–Crippen MR) is 80.6 cm³/mol. The van der Waals surface area contributed by atoms with Crippen LogP contribution in [0.4, 0.5) is 13.2 Å². The van der Waals surface area contributed by atoms with Gasteiger partial charge in [-0.1, -0.05) is 18.2 Å². The largest absolute Gasteiger partial charge is 0.481 e. The van der Waals surface area contributed by atoms with E-state index in [1.807, 2.05) is 0 Å². The van der Waals surface area contributed by atoms with E-state index in [1.54, 1.807) is 6.92 Å². The Morgan fingerprint density at radius 3 is 2.50 bits per heavy atom. The minimum absolute atomic E-state index is 0.215. The summed E-state index contributed by atoms with van der Waals surface area (Å²) in [6.07, 6.45) is -3.94. The van der Waals surface area contributed by atoms with Crippen molar-refractivity contribution < 1.29 is 31.5 Å². The number of nitrogens with zero attached hydrogens (tertiary/aromatic N) is 1. The van der Waals surface area contributed by atoms with Crippen molar-refractivity contribution in [1.29, 1.82) is 0 Å². The molecule has 1 saturated heterocycles. The lowest BCUT2D eigenvalue weighted by Gasteiger charge is -2.35. The Labute approximate surface area is 138 Å². The van der Waals surface area contributed by atoms with E-state index in [0.717, 1.165) is 16.4 Å². The molecule has 134 valence electrons. The summed E-state index contributed by atoms with van der Waals surface area (Å²) < 4.78 is 65.2. The molecular formula is C15H18F3NO4S. The van der Waals surface area contributed by atoms with Crippen molar-refractivity contribution in [2.45, 2.75) is 37.7 Å². The van der Waals surface area contributed by atoms with Gasteiger partial charge in [-0.25, -0.2) is 8.42 Å². The average Bonchev–Trinajstić information content (AvgIpc) is 2.46. The van der Waals surface area contributed by atoms with Crippen molar-refractivity contribution in [3.05, 3.63) is 35.4 Å². The molecule has 0 saturated carbocycles. The number of rotatable bonds is 4. The molecule has 0 aliphatic carbocycles. The van der Waals surface area contributed by atoms with E-state index in [2.05, 4.69) is 0 Å². The average molecular weight is 365 g/mol. The SMILES string of the molecule is CC1CCC(C(=O)O)CN1S(=O)(=O)Cc1ccccc1C(F)(F)F. The number of hydrogen-bond donors (Lipinski definition) is 1. The molecule has 2 atom stereocenters. The molecule has 0 radical (unpaired) electrons. The van der Waals surface area contributed by atoms with Gasteiger partial charge < -0.3 is 5.11 Å². The van der Waals surface area contributed by atoms with Gasteiger partial charge in [-0.05, 0) is 31.4 Å².